The van der Waals surface area contributed by atoms with Gasteiger partial charge >= 0.3 is 0 Å². The highest BCUT2D eigenvalue weighted by atomic mass is 35.5. The molecule has 1 atom stereocenters. The zero-order valence-electron chi connectivity index (χ0n) is 13.7. The van der Waals surface area contributed by atoms with Gasteiger partial charge in [-0.1, -0.05) is 11.6 Å². The Bertz CT molecular complexity index is 551. The Morgan fingerprint density at radius 3 is 2.44 bits per heavy atom. The van der Waals surface area contributed by atoms with Crippen LogP contribution in [0.25, 0.3) is 0 Å². The van der Waals surface area contributed by atoms with Crippen molar-refractivity contribution in [3.63, 3.8) is 0 Å². The van der Waals surface area contributed by atoms with E-state index in [-0.39, 0.29) is 42.9 Å². The van der Waals surface area contributed by atoms with Gasteiger partial charge in [-0.2, -0.15) is 0 Å². The first-order valence-corrected chi connectivity index (χ1v) is 7.67. The van der Waals surface area contributed by atoms with E-state index in [4.69, 9.17) is 10.6 Å². The molecule has 1 heterocycles. The van der Waals surface area contributed by atoms with Crippen molar-refractivity contribution in [3.05, 3.63) is 39.9 Å². The summed E-state index contributed by atoms with van der Waals surface area (Å²) in [5.41, 5.74) is 6.27. The number of halogens is 2. The Labute approximate surface area is 159 Å². The number of nitro groups is 1. The summed E-state index contributed by atoms with van der Waals surface area (Å²) >= 11 is 0. The molecule has 0 radical (unpaired) electrons. The van der Waals surface area contributed by atoms with E-state index in [1.165, 1.54) is 43.5 Å². The number of oxime groups is 1. The number of likely N-dealkylation sites (tertiary alicyclic amines) is 1. The van der Waals surface area contributed by atoms with Crippen molar-refractivity contribution in [2.75, 3.05) is 26.2 Å². The molecule has 1 fully saturated rings. The summed E-state index contributed by atoms with van der Waals surface area (Å²) in [6.45, 7) is 2.63. The van der Waals surface area contributed by atoms with Gasteiger partial charge in [0.1, 0.15) is 12.7 Å². The molecule has 25 heavy (non-hydrogen) atoms. The number of non-ortho nitro benzene ring substituents is 1. The summed E-state index contributed by atoms with van der Waals surface area (Å²) in [7, 11) is 0. The Morgan fingerprint density at radius 1 is 1.28 bits per heavy atom. The van der Waals surface area contributed by atoms with E-state index < -0.39 is 11.0 Å². The maximum absolute atomic E-state index is 10.6. The van der Waals surface area contributed by atoms with Crippen LogP contribution in [0.2, 0.25) is 0 Å². The number of hydrogen-bond acceptors (Lipinski definition) is 6. The summed E-state index contributed by atoms with van der Waals surface area (Å²) in [5, 5.41) is 24.3. The monoisotopic (exact) mass is 394 g/mol. The van der Waals surface area contributed by atoms with Gasteiger partial charge in [-0.25, -0.2) is 0 Å². The zero-order chi connectivity index (χ0) is 16.7. The molecule has 1 aliphatic heterocycles. The number of aliphatic hydroxyl groups is 1. The van der Waals surface area contributed by atoms with Crippen LogP contribution in [-0.4, -0.2) is 53.1 Å². The van der Waals surface area contributed by atoms with Crippen LogP contribution in [0.3, 0.4) is 0 Å². The number of nitrogens with zero attached hydrogens (tertiary/aromatic N) is 3. The van der Waals surface area contributed by atoms with Crippen LogP contribution in [0.5, 0.6) is 0 Å². The van der Waals surface area contributed by atoms with Crippen LogP contribution < -0.4 is 5.73 Å². The molecule has 142 valence electrons. The highest BCUT2D eigenvalue weighted by molar-refractivity contribution is 5.97. The van der Waals surface area contributed by atoms with E-state index in [2.05, 4.69) is 10.1 Å². The normalized spacial score (nSPS) is 16.3. The smallest absolute Gasteiger partial charge is 0.269 e. The minimum Gasteiger partial charge on any atom is -0.391 e. The third-order valence-electron chi connectivity index (χ3n) is 3.72. The van der Waals surface area contributed by atoms with Gasteiger partial charge in [-0.05, 0) is 38.1 Å². The average Bonchev–Trinajstić information content (AvgIpc) is 2.55. The lowest BCUT2D eigenvalue weighted by molar-refractivity contribution is -0.384. The molecule has 0 amide bonds. The first kappa shape index (κ1) is 23.4. The molecule has 8 nitrogen and oxygen atoms in total. The van der Waals surface area contributed by atoms with Crippen LogP contribution >= 0.6 is 24.8 Å². The van der Waals surface area contributed by atoms with E-state index in [0.717, 1.165) is 13.1 Å². The second-order valence-corrected chi connectivity index (χ2v) is 5.59. The minimum absolute atomic E-state index is 0. The van der Waals surface area contributed by atoms with Crippen LogP contribution in [-0.2, 0) is 4.84 Å². The molecule has 1 unspecified atom stereocenters. The largest absolute Gasteiger partial charge is 0.391 e. The molecule has 0 spiro atoms. The third-order valence-corrected chi connectivity index (χ3v) is 3.72. The van der Waals surface area contributed by atoms with Crippen LogP contribution in [0.1, 0.15) is 24.8 Å². The quantitative estimate of drug-likeness (QED) is 0.316. The van der Waals surface area contributed by atoms with Crippen molar-refractivity contribution in [3.8, 4) is 0 Å². The SMILES string of the molecule is Cl.Cl.N/C(=N\OCC(O)CN1CCCCC1)c1ccc([N+](=O)[O-])cc1. The van der Waals surface area contributed by atoms with Gasteiger partial charge < -0.3 is 20.6 Å². The Morgan fingerprint density at radius 2 is 1.88 bits per heavy atom. The Balaban J connectivity index is 0.00000288. The second-order valence-electron chi connectivity index (χ2n) is 5.59. The number of aliphatic hydroxyl groups excluding tert-OH is 1. The molecule has 0 aliphatic carbocycles. The number of nitro benzene ring substituents is 1. The number of amidine groups is 1. The molecule has 10 heteroatoms. The molecular formula is C15H24Cl2N4O4. The van der Waals surface area contributed by atoms with Gasteiger partial charge in [-0.15, -0.1) is 24.8 Å². The van der Waals surface area contributed by atoms with Crippen molar-refractivity contribution >= 4 is 36.3 Å². The molecule has 0 saturated carbocycles. The second kappa shape index (κ2) is 11.9. The van der Waals surface area contributed by atoms with E-state index in [1.807, 2.05) is 0 Å². The summed E-state index contributed by atoms with van der Waals surface area (Å²) in [6, 6.07) is 5.71. The topological polar surface area (TPSA) is 114 Å². The summed E-state index contributed by atoms with van der Waals surface area (Å²) < 4.78 is 0. The minimum atomic E-state index is -0.624. The van der Waals surface area contributed by atoms with E-state index in [0.29, 0.717) is 12.1 Å². The lowest BCUT2D eigenvalue weighted by Crippen LogP contribution is -2.38. The Kier molecular flexibility index (Phi) is 11.1. The number of hydrogen-bond donors (Lipinski definition) is 2. The maximum atomic E-state index is 10.6. The van der Waals surface area contributed by atoms with Gasteiger partial charge in [0.25, 0.3) is 5.69 Å². The average molecular weight is 395 g/mol. The Hall–Kier alpha value is -1.61. The molecule has 0 aromatic heterocycles. The van der Waals surface area contributed by atoms with Gasteiger partial charge in [0.15, 0.2) is 5.84 Å². The van der Waals surface area contributed by atoms with E-state index in [9.17, 15) is 15.2 Å². The van der Waals surface area contributed by atoms with Crippen molar-refractivity contribution in [1.29, 1.82) is 0 Å². The van der Waals surface area contributed by atoms with E-state index >= 15 is 0 Å². The molecule has 1 aromatic carbocycles. The maximum Gasteiger partial charge on any atom is 0.269 e. The fraction of sp³-hybridized carbons (Fsp3) is 0.533. The van der Waals surface area contributed by atoms with Crippen molar-refractivity contribution in [1.82, 2.24) is 4.90 Å². The summed E-state index contributed by atoms with van der Waals surface area (Å²) in [6.07, 6.45) is 2.96. The fourth-order valence-electron chi connectivity index (χ4n) is 2.49. The van der Waals surface area contributed by atoms with Gasteiger partial charge in [0.2, 0.25) is 0 Å². The van der Waals surface area contributed by atoms with Crippen LogP contribution in [0.15, 0.2) is 29.4 Å². The number of benzene rings is 1. The molecule has 0 bridgehead atoms. The molecular weight excluding hydrogens is 371 g/mol. The lowest BCUT2D eigenvalue weighted by Gasteiger charge is -2.27. The van der Waals surface area contributed by atoms with Crippen molar-refractivity contribution < 1.29 is 14.9 Å². The van der Waals surface area contributed by atoms with Crippen LogP contribution in [0, 0.1) is 10.1 Å². The summed E-state index contributed by atoms with van der Waals surface area (Å²) in [4.78, 5) is 17.4. The first-order valence-electron chi connectivity index (χ1n) is 7.67. The molecule has 1 aliphatic rings. The lowest BCUT2D eigenvalue weighted by atomic mass is 10.1. The highest BCUT2D eigenvalue weighted by Crippen LogP contribution is 2.12. The molecule has 1 saturated heterocycles. The third kappa shape index (κ3) is 7.87. The molecule has 2 rings (SSSR count). The van der Waals surface area contributed by atoms with Crippen molar-refractivity contribution in [2.45, 2.75) is 25.4 Å². The van der Waals surface area contributed by atoms with Crippen LogP contribution in [0.4, 0.5) is 5.69 Å². The van der Waals surface area contributed by atoms with Crippen molar-refractivity contribution in [2.24, 2.45) is 10.9 Å². The number of piperidine rings is 1. The highest BCUT2D eigenvalue weighted by Gasteiger charge is 2.15. The predicted molar refractivity (Wildman–Crippen MR) is 101 cm³/mol. The summed E-state index contributed by atoms with van der Waals surface area (Å²) in [5.74, 6) is 0.116. The first-order chi connectivity index (χ1) is 11.1. The van der Waals surface area contributed by atoms with Gasteiger partial charge in [0, 0.05) is 24.2 Å². The predicted octanol–water partition coefficient (Wildman–Crippen LogP) is 1.92. The van der Waals surface area contributed by atoms with Gasteiger partial charge in [-0.3, -0.25) is 10.1 Å². The number of β-amino-alcohol motifs (C(OH)–C–C–N with tert-alkyl or cyclic N) is 1. The van der Waals surface area contributed by atoms with Gasteiger partial charge in [0.05, 0.1) is 4.92 Å². The standard InChI is InChI=1S/C15H22N4O4.2ClH/c16-15(12-4-6-13(7-5-12)19(21)22)17-23-11-14(20)10-18-8-2-1-3-9-18;;/h4-7,14,20H,1-3,8-11H2,(H2,16,17);2*1H. The number of rotatable bonds is 7. The zero-order valence-corrected chi connectivity index (χ0v) is 15.4. The van der Waals surface area contributed by atoms with E-state index in [1.54, 1.807) is 0 Å². The molecule has 1 aromatic rings. The molecule has 3 N–H and O–H groups in total. The number of nitrogens with two attached hydrogens (primary N) is 1. The fourth-order valence-corrected chi connectivity index (χ4v) is 2.49.